The number of hydrogen-bond donors (Lipinski definition) is 1. The zero-order valence-corrected chi connectivity index (χ0v) is 19.2. The molecule has 1 aromatic heterocycles. The largest absolute Gasteiger partial charge is 0.370 e. The van der Waals surface area contributed by atoms with Gasteiger partial charge in [-0.3, -0.25) is 29.6 Å². The van der Waals surface area contributed by atoms with Gasteiger partial charge >= 0.3 is 0 Å². The highest BCUT2D eigenvalue weighted by Crippen LogP contribution is 2.43. The van der Waals surface area contributed by atoms with Gasteiger partial charge in [0, 0.05) is 55.5 Å². The number of amides is 3. The minimum atomic E-state index is -0.565. The van der Waals surface area contributed by atoms with Crippen LogP contribution in [0.15, 0.2) is 42.6 Å². The van der Waals surface area contributed by atoms with Crippen molar-refractivity contribution in [2.24, 2.45) is 5.41 Å². The smallest absolute Gasteiger partial charge is 0.255 e. The summed E-state index contributed by atoms with van der Waals surface area (Å²) in [6.45, 7) is 5.65. The number of piperidine rings is 2. The Morgan fingerprint density at radius 1 is 1.06 bits per heavy atom. The predicted octanol–water partition coefficient (Wildman–Crippen LogP) is 1.95. The topological polar surface area (TPSA) is 85.9 Å². The van der Waals surface area contributed by atoms with Crippen molar-refractivity contribution in [3.05, 3.63) is 59.4 Å². The molecule has 1 unspecified atom stereocenters. The maximum atomic E-state index is 12.9. The molecule has 4 aliphatic heterocycles. The molecular weight excluding hydrogens is 430 g/mol. The fourth-order valence-electron chi connectivity index (χ4n) is 5.93. The highest BCUT2D eigenvalue weighted by molar-refractivity contribution is 6.05. The first-order valence-electron chi connectivity index (χ1n) is 12.1. The van der Waals surface area contributed by atoms with Crippen molar-refractivity contribution in [3.8, 4) is 0 Å². The summed E-state index contributed by atoms with van der Waals surface area (Å²) < 4.78 is 0. The van der Waals surface area contributed by atoms with Gasteiger partial charge in [0.15, 0.2) is 0 Å². The van der Waals surface area contributed by atoms with Gasteiger partial charge in [-0.25, -0.2) is 0 Å². The van der Waals surface area contributed by atoms with Crippen LogP contribution in [0.3, 0.4) is 0 Å². The Labute approximate surface area is 198 Å². The van der Waals surface area contributed by atoms with Crippen LogP contribution in [0.1, 0.15) is 47.3 Å². The Kier molecular flexibility index (Phi) is 5.13. The zero-order chi connectivity index (χ0) is 23.3. The number of aromatic nitrogens is 1. The first-order valence-corrected chi connectivity index (χ1v) is 12.1. The molecule has 3 amide bonds. The highest BCUT2D eigenvalue weighted by atomic mass is 16.2. The molecule has 0 saturated carbocycles. The van der Waals surface area contributed by atoms with Gasteiger partial charge in [-0.15, -0.1) is 0 Å². The molecule has 2 aromatic rings. The third-order valence-electron chi connectivity index (χ3n) is 7.95. The molecule has 0 bridgehead atoms. The Morgan fingerprint density at radius 2 is 1.88 bits per heavy atom. The summed E-state index contributed by atoms with van der Waals surface area (Å²) >= 11 is 0. The third kappa shape index (κ3) is 3.76. The number of fused-ring (bicyclic) bond motifs is 1. The van der Waals surface area contributed by atoms with Gasteiger partial charge in [-0.1, -0.05) is 6.07 Å². The predicted molar refractivity (Wildman–Crippen MR) is 126 cm³/mol. The van der Waals surface area contributed by atoms with Gasteiger partial charge in [0.1, 0.15) is 6.04 Å². The third-order valence-corrected chi connectivity index (χ3v) is 7.95. The summed E-state index contributed by atoms with van der Waals surface area (Å²) in [5, 5.41) is 2.36. The maximum Gasteiger partial charge on any atom is 0.255 e. The van der Waals surface area contributed by atoms with E-state index >= 15 is 0 Å². The van der Waals surface area contributed by atoms with E-state index in [2.05, 4.69) is 32.2 Å². The van der Waals surface area contributed by atoms with Crippen molar-refractivity contribution >= 4 is 23.4 Å². The van der Waals surface area contributed by atoms with Gasteiger partial charge in [0.2, 0.25) is 11.8 Å². The first kappa shape index (κ1) is 21.3. The Bertz CT molecular complexity index is 1130. The second-order valence-corrected chi connectivity index (χ2v) is 10.2. The summed E-state index contributed by atoms with van der Waals surface area (Å²) in [7, 11) is 0. The maximum absolute atomic E-state index is 12.9. The fourth-order valence-corrected chi connectivity index (χ4v) is 5.93. The molecule has 8 nitrogen and oxygen atoms in total. The second kappa shape index (κ2) is 8.20. The van der Waals surface area contributed by atoms with Gasteiger partial charge < -0.3 is 9.80 Å². The van der Waals surface area contributed by atoms with E-state index in [1.165, 1.54) is 12.8 Å². The number of carbonyl (C=O) groups excluding carboxylic acids is 3. The van der Waals surface area contributed by atoms with Crippen LogP contribution in [0.2, 0.25) is 0 Å². The van der Waals surface area contributed by atoms with Gasteiger partial charge in [0.25, 0.3) is 5.91 Å². The number of rotatable bonds is 4. The van der Waals surface area contributed by atoms with Gasteiger partial charge in [0.05, 0.1) is 5.69 Å². The molecule has 1 N–H and O–H groups in total. The average molecular weight is 460 g/mol. The minimum absolute atomic E-state index is 0.114. The standard InChI is InChI=1S/C26H29N5O3/c32-23-7-6-22(24(33)28-23)31-14-18-13-20(4-5-21(18)25(31)34)30-16-26(17-30)8-11-29(12-9-26)15-19-3-1-2-10-27-19/h1-5,10,13,22H,6-9,11-12,14-17H2,(H,28,32,33). The van der Waals surface area contributed by atoms with Crippen molar-refractivity contribution in [3.63, 3.8) is 0 Å². The van der Waals surface area contributed by atoms with Crippen LogP contribution in [0.5, 0.6) is 0 Å². The SMILES string of the molecule is O=C1CCC(N2Cc3cc(N4CC5(CCN(Cc6ccccn6)CC5)C4)ccc3C2=O)C(=O)N1. The van der Waals surface area contributed by atoms with Crippen molar-refractivity contribution < 1.29 is 14.4 Å². The molecule has 8 heteroatoms. The van der Waals surface area contributed by atoms with Gasteiger partial charge in [-0.2, -0.15) is 0 Å². The number of benzene rings is 1. The lowest BCUT2D eigenvalue weighted by Gasteiger charge is -2.55. The highest BCUT2D eigenvalue weighted by Gasteiger charge is 2.45. The monoisotopic (exact) mass is 459 g/mol. The number of carbonyl (C=O) groups is 3. The lowest BCUT2D eigenvalue weighted by atomic mass is 9.71. The summed E-state index contributed by atoms with van der Waals surface area (Å²) in [5.74, 6) is -0.741. The van der Waals surface area contributed by atoms with Crippen molar-refractivity contribution in [1.29, 1.82) is 0 Å². The Balaban J connectivity index is 1.07. The van der Waals surface area contributed by atoms with E-state index in [4.69, 9.17) is 0 Å². The van der Waals surface area contributed by atoms with E-state index in [0.29, 0.717) is 23.9 Å². The van der Waals surface area contributed by atoms with Crippen LogP contribution >= 0.6 is 0 Å². The molecule has 3 saturated heterocycles. The molecule has 5 heterocycles. The fraction of sp³-hybridized carbons (Fsp3) is 0.462. The second-order valence-electron chi connectivity index (χ2n) is 10.2. The van der Waals surface area contributed by atoms with Crippen LogP contribution in [0, 0.1) is 5.41 Å². The van der Waals surface area contributed by atoms with E-state index < -0.39 is 6.04 Å². The number of likely N-dealkylation sites (tertiary alicyclic amines) is 1. The number of pyridine rings is 1. The van der Waals surface area contributed by atoms with Crippen LogP contribution in [0.4, 0.5) is 5.69 Å². The van der Waals surface area contributed by atoms with Crippen molar-refractivity contribution in [2.75, 3.05) is 31.1 Å². The number of nitrogens with one attached hydrogen (secondary N) is 1. The van der Waals surface area contributed by atoms with Crippen LogP contribution in [-0.2, 0) is 22.7 Å². The lowest BCUT2D eigenvalue weighted by Crippen LogP contribution is -2.60. The Hall–Kier alpha value is -3.26. The first-order chi connectivity index (χ1) is 16.5. The molecule has 6 rings (SSSR count). The van der Waals surface area contributed by atoms with Crippen LogP contribution < -0.4 is 10.2 Å². The van der Waals surface area contributed by atoms with Gasteiger partial charge in [-0.05, 0) is 68.2 Å². The summed E-state index contributed by atoms with van der Waals surface area (Å²) in [6.07, 6.45) is 4.92. The number of hydrogen-bond acceptors (Lipinski definition) is 6. The molecule has 0 aliphatic carbocycles. The van der Waals surface area contributed by atoms with E-state index in [-0.39, 0.29) is 24.1 Å². The van der Waals surface area contributed by atoms with E-state index in [1.54, 1.807) is 4.90 Å². The van der Waals surface area contributed by atoms with E-state index in [9.17, 15) is 14.4 Å². The van der Waals surface area contributed by atoms with Crippen molar-refractivity contribution in [1.82, 2.24) is 20.1 Å². The molecule has 4 aliphatic rings. The molecule has 1 aromatic carbocycles. The van der Waals surface area contributed by atoms with Crippen LogP contribution in [-0.4, -0.2) is 64.7 Å². The molecule has 3 fully saturated rings. The molecule has 176 valence electrons. The quantitative estimate of drug-likeness (QED) is 0.704. The lowest BCUT2D eigenvalue weighted by molar-refractivity contribution is -0.136. The van der Waals surface area contributed by atoms with Crippen LogP contribution in [0.25, 0.3) is 0 Å². The zero-order valence-electron chi connectivity index (χ0n) is 19.2. The molecule has 1 spiro atoms. The molecule has 0 radical (unpaired) electrons. The molecule has 1 atom stereocenters. The molecule has 34 heavy (non-hydrogen) atoms. The summed E-state index contributed by atoms with van der Waals surface area (Å²) in [4.78, 5) is 47.7. The summed E-state index contributed by atoms with van der Waals surface area (Å²) in [5.41, 5.74) is 4.31. The van der Waals surface area contributed by atoms with Crippen molar-refractivity contribution in [2.45, 2.75) is 44.8 Å². The summed E-state index contributed by atoms with van der Waals surface area (Å²) in [6, 6.07) is 11.6. The van der Waals surface area contributed by atoms with E-state index in [1.807, 2.05) is 30.5 Å². The normalized spacial score (nSPS) is 24.2. The number of anilines is 1. The molecular formula is C26H29N5O3. The number of imide groups is 1. The average Bonchev–Trinajstić information content (AvgIpc) is 3.14. The number of nitrogens with zero attached hydrogens (tertiary/aromatic N) is 4. The van der Waals surface area contributed by atoms with E-state index in [0.717, 1.165) is 49.7 Å². The Morgan fingerprint density at radius 3 is 2.62 bits per heavy atom. The minimum Gasteiger partial charge on any atom is -0.370 e.